The van der Waals surface area contributed by atoms with E-state index in [4.69, 9.17) is 9.47 Å². The Bertz CT molecular complexity index is 702. The zero-order chi connectivity index (χ0) is 19.0. The highest BCUT2D eigenvalue weighted by molar-refractivity contribution is 5.76. The molecule has 0 aliphatic heterocycles. The molecular weight excluding hydrogens is 326 g/mol. The van der Waals surface area contributed by atoms with E-state index >= 15 is 0 Å². The maximum Gasteiger partial charge on any atom is 0.220 e. The lowest BCUT2D eigenvalue weighted by Crippen LogP contribution is -2.28. The van der Waals surface area contributed by atoms with Crippen molar-refractivity contribution in [2.75, 3.05) is 20.3 Å². The molecule has 0 aromatic heterocycles. The third kappa shape index (κ3) is 6.10. The van der Waals surface area contributed by atoms with Crippen LogP contribution < -0.4 is 14.8 Å². The second kappa shape index (κ2) is 9.27. The molecule has 4 nitrogen and oxygen atoms in total. The van der Waals surface area contributed by atoms with Crippen LogP contribution in [0.3, 0.4) is 0 Å². The second-order valence-electron chi connectivity index (χ2n) is 7.29. The first-order valence-corrected chi connectivity index (χ1v) is 9.02. The SMILES string of the molecule is COc1ccc(CCC(=O)NCCOc2ccccc2C(C)(C)C)cc1. The predicted molar refractivity (Wildman–Crippen MR) is 105 cm³/mol. The van der Waals surface area contributed by atoms with Crippen molar-refractivity contribution in [1.29, 1.82) is 0 Å². The normalized spacial score (nSPS) is 11.1. The molecular formula is C22H29NO3. The molecule has 4 heteroatoms. The second-order valence-corrected chi connectivity index (χ2v) is 7.29. The van der Waals surface area contributed by atoms with E-state index in [0.29, 0.717) is 26.0 Å². The fourth-order valence-electron chi connectivity index (χ4n) is 2.70. The Labute approximate surface area is 156 Å². The number of carbonyl (C=O) groups is 1. The molecule has 0 aliphatic carbocycles. The number of methoxy groups -OCH3 is 1. The molecule has 0 fully saturated rings. The van der Waals surface area contributed by atoms with E-state index < -0.39 is 0 Å². The molecule has 0 aliphatic rings. The maximum atomic E-state index is 12.0. The van der Waals surface area contributed by atoms with Gasteiger partial charge < -0.3 is 14.8 Å². The van der Waals surface area contributed by atoms with Gasteiger partial charge in [-0.2, -0.15) is 0 Å². The van der Waals surface area contributed by atoms with Crippen molar-refractivity contribution in [2.24, 2.45) is 0 Å². The number of hydrogen-bond acceptors (Lipinski definition) is 3. The minimum absolute atomic E-state index is 0.0260. The highest BCUT2D eigenvalue weighted by atomic mass is 16.5. The number of benzene rings is 2. The zero-order valence-electron chi connectivity index (χ0n) is 16.2. The van der Waals surface area contributed by atoms with Crippen LogP contribution in [0.2, 0.25) is 0 Å². The van der Waals surface area contributed by atoms with E-state index in [9.17, 15) is 4.79 Å². The van der Waals surface area contributed by atoms with Gasteiger partial charge in [-0.15, -0.1) is 0 Å². The number of nitrogens with one attached hydrogen (secondary N) is 1. The summed E-state index contributed by atoms with van der Waals surface area (Å²) in [5, 5.41) is 2.92. The molecule has 1 N–H and O–H groups in total. The van der Waals surface area contributed by atoms with Crippen LogP contribution >= 0.6 is 0 Å². The molecule has 2 aromatic carbocycles. The number of ether oxygens (including phenoxy) is 2. The number of aryl methyl sites for hydroxylation is 1. The Morgan fingerprint density at radius 2 is 1.73 bits per heavy atom. The van der Waals surface area contributed by atoms with Gasteiger partial charge in [-0.05, 0) is 41.2 Å². The van der Waals surface area contributed by atoms with Crippen LogP contribution in [-0.2, 0) is 16.6 Å². The average Bonchev–Trinajstić information content (AvgIpc) is 2.63. The molecule has 1 amide bonds. The number of amides is 1. The molecule has 26 heavy (non-hydrogen) atoms. The molecule has 2 rings (SSSR count). The zero-order valence-corrected chi connectivity index (χ0v) is 16.2. The van der Waals surface area contributed by atoms with Gasteiger partial charge in [-0.1, -0.05) is 51.1 Å². The van der Waals surface area contributed by atoms with Crippen molar-refractivity contribution in [3.8, 4) is 11.5 Å². The van der Waals surface area contributed by atoms with E-state index in [0.717, 1.165) is 17.1 Å². The first-order chi connectivity index (χ1) is 12.4. The summed E-state index contributed by atoms with van der Waals surface area (Å²) in [6.45, 7) is 7.45. The fourth-order valence-corrected chi connectivity index (χ4v) is 2.70. The minimum Gasteiger partial charge on any atom is -0.497 e. The minimum atomic E-state index is 0.0260. The fraction of sp³-hybridized carbons (Fsp3) is 0.409. The Balaban J connectivity index is 1.72. The molecule has 0 bridgehead atoms. The van der Waals surface area contributed by atoms with E-state index in [1.165, 1.54) is 5.56 Å². The van der Waals surface area contributed by atoms with Gasteiger partial charge >= 0.3 is 0 Å². The van der Waals surface area contributed by atoms with Crippen LogP contribution in [0, 0.1) is 0 Å². The molecule has 0 atom stereocenters. The van der Waals surface area contributed by atoms with Crippen molar-refractivity contribution in [3.05, 3.63) is 59.7 Å². The van der Waals surface area contributed by atoms with Gasteiger partial charge in [0.15, 0.2) is 0 Å². The van der Waals surface area contributed by atoms with Crippen LogP contribution in [0.4, 0.5) is 0 Å². The molecule has 0 radical (unpaired) electrons. The van der Waals surface area contributed by atoms with Crippen molar-refractivity contribution >= 4 is 5.91 Å². The average molecular weight is 355 g/mol. The van der Waals surface area contributed by atoms with Gasteiger partial charge in [0.05, 0.1) is 13.7 Å². The summed E-state index contributed by atoms with van der Waals surface area (Å²) >= 11 is 0. The number of hydrogen-bond donors (Lipinski definition) is 1. The maximum absolute atomic E-state index is 12.0. The Hall–Kier alpha value is -2.49. The van der Waals surface area contributed by atoms with Gasteiger partial charge in [-0.25, -0.2) is 0 Å². The van der Waals surface area contributed by atoms with Crippen molar-refractivity contribution < 1.29 is 14.3 Å². The van der Waals surface area contributed by atoms with E-state index in [1.54, 1.807) is 7.11 Å². The van der Waals surface area contributed by atoms with Crippen molar-refractivity contribution in [2.45, 2.75) is 39.0 Å². The highest BCUT2D eigenvalue weighted by Crippen LogP contribution is 2.30. The Morgan fingerprint density at radius 1 is 1.04 bits per heavy atom. The first kappa shape index (κ1) is 19.8. The number of para-hydroxylation sites is 1. The van der Waals surface area contributed by atoms with Gasteiger partial charge in [0.2, 0.25) is 5.91 Å². The lowest BCUT2D eigenvalue weighted by molar-refractivity contribution is -0.121. The van der Waals surface area contributed by atoms with Gasteiger partial charge in [-0.3, -0.25) is 4.79 Å². The monoisotopic (exact) mass is 355 g/mol. The smallest absolute Gasteiger partial charge is 0.220 e. The molecule has 0 saturated heterocycles. The van der Waals surface area contributed by atoms with Crippen molar-refractivity contribution in [1.82, 2.24) is 5.32 Å². The van der Waals surface area contributed by atoms with Crippen molar-refractivity contribution in [3.63, 3.8) is 0 Å². The quantitative estimate of drug-likeness (QED) is 0.725. The standard InChI is InChI=1S/C22H29NO3/c1-22(2,3)19-7-5-6-8-20(19)26-16-15-23-21(24)14-11-17-9-12-18(25-4)13-10-17/h5-10,12-13H,11,14-16H2,1-4H3,(H,23,24). The summed E-state index contributed by atoms with van der Waals surface area (Å²) in [6.07, 6.45) is 1.18. The Kier molecular flexibility index (Phi) is 7.07. The molecule has 2 aromatic rings. The topological polar surface area (TPSA) is 47.6 Å². The predicted octanol–water partition coefficient (Wildman–Crippen LogP) is 4.12. The number of rotatable bonds is 8. The highest BCUT2D eigenvalue weighted by Gasteiger charge is 2.18. The summed E-state index contributed by atoms with van der Waals surface area (Å²) in [4.78, 5) is 12.0. The third-order valence-corrected chi connectivity index (χ3v) is 4.18. The summed E-state index contributed by atoms with van der Waals surface area (Å²) in [5.41, 5.74) is 2.32. The summed E-state index contributed by atoms with van der Waals surface area (Å²) < 4.78 is 11.0. The Morgan fingerprint density at radius 3 is 2.38 bits per heavy atom. The van der Waals surface area contributed by atoms with Gasteiger partial charge in [0, 0.05) is 6.42 Å². The van der Waals surface area contributed by atoms with Crippen LogP contribution in [0.5, 0.6) is 11.5 Å². The van der Waals surface area contributed by atoms with Crippen LogP contribution in [0.1, 0.15) is 38.3 Å². The first-order valence-electron chi connectivity index (χ1n) is 9.02. The molecule has 0 heterocycles. The van der Waals surface area contributed by atoms with E-state index in [2.05, 4.69) is 32.2 Å². The lowest BCUT2D eigenvalue weighted by Gasteiger charge is -2.22. The van der Waals surface area contributed by atoms with E-state index in [-0.39, 0.29) is 11.3 Å². The molecule has 0 spiro atoms. The van der Waals surface area contributed by atoms with E-state index in [1.807, 2.05) is 42.5 Å². The number of carbonyl (C=O) groups excluding carboxylic acids is 1. The molecule has 140 valence electrons. The van der Waals surface area contributed by atoms with Crippen LogP contribution in [0.15, 0.2) is 48.5 Å². The molecule has 0 saturated carbocycles. The summed E-state index contributed by atoms with van der Waals surface area (Å²) in [5.74, 6) is 1.74. The summed E-state index contributed by atoms with van der Waals surface area (Å²) in [7, 11) is 1.64. The molecule has 0 unspecified atom stereocenters. The van der Waals surface area contributed by atoms with Gasteiger partial charge in [0.1, 0.15) is 18.1 Å². The lowest BCUT2D eigenvalue weighted by atomic mass is 9.86. The van der Waals surface area contributed by atoms with Crippen LogP contribution in [-0.4, -0.2) is 26.2 Å². The van der Waals surface area contributed by atoms with Gasteiger partial charge in [0.25, 0.3) is 0 Å². The van der Waals surface area contributed by atoms with Crippen LogP contribution in [0.25, 0.3) is 0 Å². The summed E-state index contributed by atoms with van der Waals surface area (Å²) in [6, 6.07) is 15.8. The largest absolute Gasteiger partial charge is 0.497 e. The third-order valence-electron chi connectivity index (χ3n) is 4.18.